The number of nitrogens with zero attached hydrogens (tertiary/aromatic N) is 4. The second-order valence-corrected chi connectivity index (χ2v) is 8.39. The zero-order valence-electron chi connectivity index (χ0n) is 18.7. The lowest BCUT2D eigenvalue weighted by atomic mass is 10.1. The molecule has 0 saturated carbocycles. The number of rotatable bonds is 8. The molecule has 174 valence electrons. The predicted octanol–water partition coefficient (Wildman–Crippen LogP) is 2.78. The van der Waals surface area contributed by atoms with Gasteiger partial charge >= 0.3 is 0 Å². The Hall–Kier alpha value is -1.26. The zero-order valence-corrected chi connectivity index (χ0v) is 21.8. The molecule has 2 fully saturated rings. The van der Waals surface area contributed by atoms with Crippen LogP contribution in [0.15, 0.2) is 23.2 Å². The van der Waals surface area contributed by atoms with Gasteiger partial charge in [-0.3, -0.25) is 4.79 Å². The Labute approximate surface area is 208 Å². The summed E-state index contributed by atoms with van der Waals surface area (Å²) in [4.78, 5) is 23.2. The van der Waals surface area contributed by atoms with Crippen LogP contribution in [-0.4, -0.2) is 81.1 Å². The molecular formula is C22H36ClIN6O. The van der Waals surface area contributed by atoms with Crippen LogP contribution in [0.4, 0.5) is 5.69 Å². The first-order valence-electron chi connectivity index (χ1n) is 11.1. The molecule has 2 aliphatic heterocycles. The van der Waals surface area contributed by atoms with Crippen LogP contribution in [0.3, 0.4) is 0 Å². The van der Waals surface area contributed by atoms with E-state index in [1.807, 2.05) is 17.0 Å². The number of anilines is 1. The van der Waals surface area contributed by atoms with Gasteiger partial charge in [0.2, 0.25) is 5.91 Å². The van der Waals surface area contributed by atoms with Crippen molar-refractivity contribution in [2.45, 2.75) is 32.7 Å². The molecule has 3 rings (SSSR count). The number of guanidine groups is 1. The minimum Gasteiger partial charge on any atom is -0.369 e. The normalized spacial score (nSPS) is 17.6. The SMILES string of the molecule is CCNC(=NCc1c(Cl)cccc1N1CCN(C)CC1)NCCCN1CCCC1=O.I. The molecule has 0 spiro atoms. The van der Waals surface area contributed by atoms with Crippen LogP contribution in [-0.2, 0) is 11.3 Å². The summed E-state index contributed by atoms with van der Waals surface area (Å²) >= 11 is 6.57. The third kappa shape index (κ3) is 7.68. The number of likely N-dealkylation sites (tertiary alicyclic amines) is 1. The maximum absolute atomic E-state index is 11.7. The summed E-state index contributed by atoms with van der Waals surface area (Å²) in [7, 11) is 2.16. The molecule has 0 bridgehead atoms. The summed E-state index contributed by atoms with van der Waals surface area (Å²) in [5.41, 5.74) is 2.26. The molecule has 7 nitrogen and oxygen atoms in total. The number of halogens is 2. The monoisotopic (exact) mass is 562 g/mol. The molecule has 2 heterocycles. The Kier molecular flexibility index (Phi) is 11.2. The van der Waals surface area contributed by atoms with Gasteiger partial charge in [-0.15, -0.1) is 24.0 Å². The topological polar surface area (TPSA) is 63.2 Å². The minimum absolute atomic E-state index is 0. The van der Waals surface area contributed by atoms with Gasteiger partial charge in [0.15, 0.2) is 5.96 Å². The molecule has 2 N–H and O–H groups in total. The number of likely N-dealkylation sites (N-methyl/N-ethyl adjacent to an activating group) is 1. The standard InChI is InChI=1S/C22H35ClN6O.HI/c1-3-24-22(25-10-6-12-29-11-5-9-21(29)30)26-17-18-19(23)7-4-8-20(18)28-15-13-27(2)14-16-28;/h4,7-8H,3,5-6,9-17H2,1-2H3,(H2,24,25,26);1H. The fraction of sp³-hybridized carbons (Fsp3) is 0.636. The van der Waals surface area contributed by atoms with Gasteiger partial charge in [0.05, 0.1) is 6.54 Å². The Bertz CT molecular complexity index is 739. The number of aliphatic imine (C=N–C) groups is 1. The van der Waals surface area contributed by atoms with Crippen molar-refractivity contribution in [2.75, 3.05) is 64.3 Å². The lowest BCUT2D eigenvalue weighted by Gasteiger charge is -2.35. The molecule has 9 heteroatoms. The molecular weight excluding hydrogens is 527 g/mol. The maximum atomic E-state index is 11.7. The highest BCUT2D eigenvalue weighted by molar-refractivity contribution is 14.0. The van der Waals surface area contributed by atoms with E-state index in [1.165, 1.54) is 5.69 Å². The number of benzene rings is 1. The van der Waals surface area contributed by atoms with Gasteiger partial charge in [-0.2, -0.15) is 0 Å². The molecule has 0 unspecified atom stereocenters. The molecule has 31 heavy (non-hydrogen) atoms. The third-order valence-corrected chi connectivity index (χ3v) is 6.10. The van der Waals surface area contributed by atoms with Gasteiger partial charge < -0.3 is 25.3 Å². The fourth-order valence-corrected chi connectivity index (χ4v) is 4.19. The van der Waals surface area contributed by atoms with Crippen LogP contribution in [0, 0.1) is 0 Å². The first-order chi connectivity index (χ1) is 14.6. The van der Waals surface area contributed by atoms with Crippen molar-refractivity contribution in [3.8, 4) is 0 Å². The first kappa shape index (κ1) is 26.0. The predicted molar refractivity (Wildman–Crippen MR) is 140 cm³/mol. The van der Waals surface area contributed by atoms with E-state index in [0.717, 1.165) is 81.7 Å². The number of piperazine rings is 1. The highest BCUT2D eigenvalue weighted by atomic mass is 127. The average Bonchev–Trinajstić information content (AvgIpc) is 3.15. The molecule has 1 amide bonds. The second-order valence-electron chi connectivity index (χ2n) is 7.99. The lowest BCUT2D eigenvalue weighted by Crippen LogP contribution is -2.44. The first-order valence-corrected chi connectivity index (χ1v) is 11.5. The van der Waals surface area contributed by atoms with Crippen LogP contribution in [0.1, 0.15) is 31.7 Å². The van der Waals surface area contributed by atoms with Crippen LogP contribution >= 0.6 is 35.6 Å². The quantitative estimate of drug-likeness (QED) is 0.221. The van der Waals surface area contributed by atoms with Crippen molar-refractivity contribution in [1.29, 1.82) is 0 Å². The summed E-state index contributed by atoms with van der Waals surface area (Å²) < 4.78 is 0. The summed E-state index contributed by atoms with van der Waals surface area (Å²) in [5, 5.41) is 7.46. The molecule has 1 aromatic carbocycles. The van der Waals surface area contributed by atoms with E-state index in [-0.39, 0.29) is 29.9 Å². The maximum Gasteiger partial charge on any atom is 0.222 e. The number of hydrogen-bond acceptors (Lipinski definition) is 4. The molecule has 2 aliphatic rings. The lowest BCUT2D eigenvalue weighted by molar-refractivity contribution is -0.127. The molecule has 0 radical (unpaired) electrons. The van der Waals surface area contributed by atoms with Crippen molar-refractivity contribution >= 4 is 53.1 Å². The third-order valence-electron chi connectivity index (χ3n) is 5.75. The van der Waals surface area contributed by atoms with Crippen molar-refractivity contribution in [1.82, 2.24) is 20.4 Å². The van der Waals surface area contributed by atoms with Crippen molar-refractivity contribution in [3.05, 3.63) is 28.8 Å². The summed E-state index contributed by atoms with van der Waals surface area (Å²) in [6, 6.07) is 6.11. The highest BCUT2D eigenvalue weighted by Crippen LogP contribution is 2.29. The van der Waals surface area contributed by atoms with Gasteiger partial charge in [-0.1, -0.05) is 17.7 Å². The van der Waals surface area contributed by atoms with Gasteiger partial charge in [0, 0.05) is 75.1 Å². The van der Waals surface area contributed by atoms with E-state index in [4.69, 9.17) is 16.6 Å². The second kappa shape index (κ2) is 13.3. The largest absolute Gasteiger partial charge is 0.369 e. The van der Waals surface area contributed by atoms with E-state index in [2.05, 4.69) is 40.5 Å². The number of carbonyl (C=O) groups is 1. The van der Waals surface area contributed by atoms with E-state index in [9.17, 15) is 4.79 Å². The van der Waals surface area contributed by atoms with E-state index in [1.54, 1.807) is 0 Å². The Morgan fingerprint density at radius 3 is 2.61 bits per heavy atom. The van der Waals surface area contributed by atoms with E-state index < -0.39 is 0 Å². The molecule has 2 saturated heterocycles. The van der Waals surface area contributed by atoms with Crippen molar-refractivity contribution in [3.63, 3.8) is 0 Å². The summed E-state index contributed by atoms with van der Waals surface area (Å²) in [6.07, 6.45) is 2.60. The molecule has 0 aromatic heterocycles. The summed E-state index contributed by atoms with van der Waals surface area (Å²) in [6.45, 7) is 9.98. The van der Waals surface area contributed by atoms with Crippen molar-refractivity contribution < 1.29 is 4.79 Å². The highest BCUT2D eigenvalue weighted by Gasteiger charge is 2.20. The molecule has 1 aromatic rings. The minimum atomic E-state index is 0. The fourth-order valence-electron chi connectivity index (χ4n) is 3.96. The van der Waals surface area contributed by atoms with Gasteiger partial charge in [0.25, 0.3) is 0 Å². The van der Waals surface area contributed by atoms with Crippen LogP contribution < -0.4 is 15.5 Å². The van der Waals surface area contributed by atoms with E-state index >= 15 is 0 Å². The van der Waals surface area contributed by atoms with E-state index in [0.29, 0.717) is 13.0 Å². The Balaban J connectivity index is 0.00000341. The van der Waals surface area contributed by atoms with Crippen LogP contribution in [0.2, 0.25) is 5.02 Å². The number of amides is 1. The summed E-state index contributed by atoms with van der Waals surface area (Å²) in [5.74, 6) is 1.07. The average molecular weight is 563 g/mol. The number of hydrogen-bond donors (Lipinski definition) is 2. The number of nitrogens with one attached hydrogen (secondary N) is 2. The molecule has 0 atom stereocenters. The Morgan fingerprint density at radius 2 is 1.94 bits per heavy atom. The molecule has 0 aliphatic carbocycles. The van der Waals surface area contributed by atoms with Gasteiger partial charge in [-0.05, 0) is 38.9 Å². The van der Waals surface area contributed by atoms with Crippen LogP contribution in [0.25, 0.3) is 0 Å². The zero-order chi connectivity index (χ0) is 21.3. The van der Waals surface area contributed by atoms with Crippen LogP contribution in [0.5, 0.6) is 0 Å². The van der Waals surface area contributed by atoms with Gasteiger partial charge in [-0.25, -0.2) is 4.99 Å². The van der Waals surface area contributed by atoms with Gasteiger partial charge in [0.1, 0.15) is 0 Å². The number of carbonyl (C=O) groups excluding carboxylic acids is 1. The van der Waals surface area contributed by atoms with Crippen molar-refractivity contribution in [2.24, 2.45) is 4.99 Å². The Morgan fingerprint density at radius 1 is 1.16 bits per heavy atom. The smallest absolute Gasteiger partial charge is 0.222 e.